The first kappa shape index (κ1) is 12.4. The summed E-state index contributed by atoms with van der Waals surface area (Å²) in [5, 5.41) is 13.4. The van der Waals surface area contributed by atoms with Crippen molar-refractivity contribution in [2.45, 2.75) is 6.54 Å². The highest BCUT2D eigenvalue weighted by Crippen LogP contribution is 2.16. The Labute approximate surface area is 111 Å². The molecular weight excluding hydrogens is 248 g/mol. The molecule has 0 unspecified atom stereocenters. The highest BCUT2D eigenvalue weighted by molar-refractivity contribution is 7.80. The van der Waals surface area contributed by atoms with Gasteiger partial charge >= 0.3 is 0 Å². The molecular formula is C12H14N4OS. The van der Waals surface area contributed by atoms with E-state index in [1.54, 1.807) is 13.3 Å². The van der Waals surface area contributed by atoms with E-state index < -0.39 is 0 Å². The average Bonchev–Trinajstić information content (AvgIpc) is 2.90. The smallest absolute Gasteiger partial charge is 0.171 e. The van der Waals surface area contributed by atoms with Crippen LogP contribution in [0.1, 0.15) is 5.69 Å². The largest absolute Gasteiger partial charge is 0.497 e. The Morgan fingerprint density at radius 1 is 1.44 bits per heavy atom. The molecule has 1 aromatic carbocycles. The lowest BCUT2D eigenvalue weighted by Crippen LogP contribution is -2.28. The van der Waals surface area contributed by atoms with Gasteiger partial charge in [0.25, 0.3) is 0 Å². The second-order valence-electron chi connectivity index (χ2n) is 3.62. The van der Waals surface area contributed by atoms with Gasteiger partial charge in [0, 0.05) is 18.0 Å². The molecule has 3 N–H and O–H groups in total. The maximum Gasteiger partial charge on any atom is 0.171 e. The number of nitrogens with zero attached hydrogens (tertiary/aromatic N) is 1. The van der Waals surface area contributed by atoms with Gasteiger partial charge in [-0.3, -0.25) is 5.10 Å². The lowest BCUT2D eigenvalue weighted by atomic mass is 10.3. The third-order valence-corrected chi connectivity index (χ3v) is 2.57. The number of rotatable bonds is 4. The highest BCUT2D eigenvalue weighted by Gasteiger charge is 2.00. The molecule has 1 aromatic heterocycles. The summed E-state index contributed by atoms with van der Waals surface area (Å²) in [6.45, 7) is 0.607. The third-order valence-electron chi connectivity index (χ3n) is 2.33. The van der Waals surface area contributed by atoms with Crippen LogP contribution in [0.3, 0.4) is 0 Å². The zero-order valence-corrected chi connectivity index (χ0v) is 10.8. The Morgan fingerprint density at radius 3 is 3.06 bits per heavy atom. The van der Waals surface area contributed by atoms with Crippen LogP contribution in [0.2, 0.25) is 0 Å². The highest BCUT2D eigenvalue weighted by atomic mass is 32.1. The summed E-state index contributed by atoms with van der Waals surface area (Å²) in [7, 11) is 1.63. The van der Waals surface area contributed by atoms with Crippen LogP contribution in [0.5, 0.6) is 5.75 Å². The Balaban J connectivity index is 1.86. The summed E-state index contributed by atoms with van der Waals surface area (Å²) in [6.07, 6.45) is 1.70. The van der Waals surface area contributed by atoms with Gasteiger partial charge in [-0.25, -0.2) is 0 Å². The average molecular weight is 262 g/mol. The van der Waals surface area contributed by atoms with E-state index in [0.29, 0.717) is 11.7 Å². The summed E-state index contributed by atoms with van der Waals surface area (Å²) < 4.78 is 5.14. The van der Waals surface area contributed by atoms with Crippen molar-refractivity contribution >= 4 is 23.0 Å². The van der Waals surface area contributed by atoms with E-state index in [2.05, 4.69) is 20.8 Å². The molecule has 0 saturated heterocycles. The van der Waals surface area contributed by atoms with Crippen LogP contribution in [0, 0.1) is 0 Å². The van der Waals surface area contributed by atoms with Crippen molar-refractivity contribution in [1.82, 2.24) is 15.5 Å². The maximum absolute atomic E-state index is 5.19. The summed E-state index contributed by atoms with van der Waals surface area (Å²) in [5.41, 5.74) is 1.86. The Bertz CT molecular complexity index is 513. The molecule has 18 heavy (non-hydrogen) atoms. The minimum Gasteiger partial charge on any atom is -0.497 e. The zero-order chi connectivity index (χ0) is 12.8. The van der Waals surface area contributed by atoms with Crippen molar-refractivity contribution in [2.75, 3.05) is 12.4 Å². The Hall–Kier alpha value is -2.08. The third kappa shape index (κ3) is 3.46. The number of methoxy groups -OCH3 is 1. The summed E-state index contributed by atoms with van der Waals surface area (Å²) >= 11 is 5.19. The quantitative estimate of drug-likeness (QED) is 0.735. The fourth-order valence-electron chi connectivity index (χ4n) is 1.43. The molecule has 6 heteroatoms. The first-order valence-electron chi connectivity index (χ1n) is 5.45. The second kappa shape index (κ2) is 6.02. The van der Waals surface area contributed by atoms with Crippen molar-refractivity contribution in [3.05, 3.63) is 42.2 Å². The molecule has 0 aliphatic heterocycles. The summed E-state index contributed by atoms with van der Waals surface area (Å²) in [6, 6.07) is 9.48. The molecule has 2 rings (SSSR count). The zero-order valence-electron chi connectivity index (χ0n) is 9.93. The lowest BCUT2D eigenvalue weighted by Gasteiger charge is -2.10. The number of aromatic amines is 1. The number of anilines is 1. The van der Waals surface area contributed by atoms with Gasteiger partial charge in [0.1, 0.15) is 5.75 Å². The van der Waals surface area contributed by atoms with E-state index in [0.717, 1.165) is 17.1 Å². The SMILES string of the molecule is COc1cccc(NC(=S)NCc2ccn[nH]2)c1. The number of ether oxygens (including phenoxy) is 1. The van der Waals surface area contributed by atoms with Gasteiger partial charge < -0.3 is 15.4 Å². The van der Waals surface area contributed by atoms with Crippen LogP contribution in [0.4, 0.5) is 5.69 Å². The van der Waals surface area contributed by atoms with Crippen LogP contribution < -0.4 is 15.4 Å². The fourth-order valence-corrected chi connectivity index (χ4v) is 1.62. The normalized spacial score (nSPS) is 9.83. The topological polar surface area (TPSA) is 62.0 Å². The predicted octanol–water partition coefficient (Wildman–Crippen LogP) is 1.90. The van der Waals surface area contributed by atoms with Gasteiger partial charge in [-0.05, 0) is 30.4 Å². The lowest BCUT2D eigenvalue weighted by molar-refractivity contribution is 0.415. The van der Waals surface area contributed by atoms with Gasteiger partial charge in [-0.2, -0.15) is 5.10 Å². The van der Waals surface area contributed by atoms with E-state index in [1.165, 1.54) is 0 Å². The number of benzene rings is 1. The standard InChI is InChI=1S/C12H14N4OS/c1-17-11-4-2-3-9(7-11)15-12(18)13-8-10-5-6-14-16-10/h2-7H,8H2,1H3,(H,14,16)(H2,13,15,18). The molecule has 0 aliphatic carbocycles. The number of aromatic nitrogens is 2. The molecule has 0 amide bonds. The Morgan fingerprint density at radius 2 is 2.33 bits per heavy atom. The Kier molecular flexibility index (Phi) is 4.14. The van der Waals surface area contributed by atoms with Crippen molar-refractivity contribution in [2.24, 2.45) is 0 Å². The monoisotopic (exact) mass is 262 g/mol. The van der Waals surface area contributed by atoms with Crippen molar-refractivity contribution in [3.8, 4) is 5.75 Å². The van der Waals surface area contributed by atoms with Crippen molar-refractivity contribution in [3.63, 3.8) is 0 Å². The minimum atomic E-state index is 0.554. The molecule has 0 fully saturated rings. The fraction of sp³-hybridized carbons (Fsp3) is 0.167. The molecule has 0 atom stereocenters. The van der Waals surface area contributed by atoms with E-state index in [-0.39, 0.29) is 0 Å². The second-order valence-corrected chi connectivity index (χ2v) is 4.03. The number of H-pyrrole nitrogens is 1. The number of thiocarbonyl (C=S) groups is 1. The predicted molar refractivity (Wildman–Crippen MR) is 74.6 cm³/mol. The first-order valence-corrected chi connectivity index (χ1v) is 5.86. The summed E-state index contributed by atoms with van der Waals surface area (Å²) in [5.74, 6) is 0.788. The molecule has 0 aliphatic rings. The number of hydrogen-bond acceptors (Lipinski definition) is 3. The maximum atomic E-state index is 5.19. The van der Waals surface area contributed by atoms with Crippen molar-refractivity contribution < 1.29 is 4.74 Å². The molecule has 94 valence electrons. The first-order chi connectivity index (χ1) is 8.78. The van der Waals surface area contributed by atoms with Gasteiger partial charge in [0.2, 0.25) is 0 Å². The molecule has 0 radical (unpaired) electrons. The van der Waals surface area contributed by atoms with Gasteiger partial charge in [-0.15, -0.1) is 0 Å². The molecule has 1 heterocycles. The molecule has 0 spiro atoms. The van der Waals surface area contributed by atoms with Crippen LogP contribution >= 0.6 is 12.2 Å². The van der Waals surface area contributed by atoms with E-state index in [4.69, 9.17) is 17.0 Å². The van der Waals surface area contributed by atoms with Crippen LogP contribution in [0.25, 0.3) is 0 Å². The molecule has 0 saturated carbocycles. The van der Waals surface area contributed by atoms with Crippen LogP contribution in [0.15, 0.2) is 36.5 Å². The van der Waals surface area contributed by atoms with Gasteiger partial charge in [0.05, 0.1) is 19.3 Å². The number of hydrogen-bond donors (Lipinski definition) is 3. The minimum absolute atomic E-state index is 0.554. The van der Waals surface area contributed by atoms with Crippen molar-refractivity contribution in [1.29, 1.82) is 0 Å². The molecule has 2 aromatic rings. The van der Waals surface area contributed by atoms with Gasteiger partial charge in [0.15, 0.2) is 5.11 Å². The summed E-state index contributed by atoms with van der Waals surface area (Å²) in [4.78, 5) is 0. The van der Waals surface area contributed by atoms with E-state index in [1.807, 2.05) is 30.3 Å². The van der Waals surface area contributed by atoms with E-state index >= 15 is 0 Å². The van der Waals surface area contributed by atoms with Crippen LogP contribution in [-0.4, -0.2) is 22.4 Å². The van der Waals surface area contributed by atoms with Crippen LogP contribution in [-0.2, 0) is 6.54 Å². The van der Waals surface area contributed by atoms with Gasteiger partial charge in [-0.1, -0.05) is 6.07 Å². The molecule has 5 nitrogen and oxygen atoms in total. The number of nitrogens with one attached hydrogen (secondary N) is 3. The molecule has 0 bridgehead atoms. The van der Waals surface area contributed by atoms with E-state index in [9.17, 15) is 0 Å².